The third-order valence-electron chi connectivity index (χ3n) is 7.72. The van der Waals surface area contributed by atoms with Gasteiger partial charge < -0.3 is 5.32 Å². The minimum atomic E-state index is -0.696. The molecule has 43 heavy (non-hydrogen) atoms. The van der Waals surface area contributed by atoms with Crippen LogP contribution in [0.25, 0.3) is 6.08 Å². The standard InChI is InChI=1S/C34H31N5O3S/c1-20(2)23-15-17-24(18-16-23)30-29(31(40)36-25-11-7-5-8-12-25)22(4)35-34-38(30)33(42)28(43-34)19-27-21(3)37-39(32(27)41)26-13-9-6-10-14-26/h5-20,27,30H,1-4H3,(H,36,40)/b28-19+/t27-,30+/m0/s1. The molecule has 2 atom stereocenters. The molecule has 6 rings (SSSR count). The van der Waals surface area contributed by atoms with Crippen LogP contribution in [0.15, 0.2) is 111 Å². The normalized spacial score (nSPS) is 18.5. The summed E-state index contributed by atoms with van der Waals surface area (Å²) < 4.78 is 1.96. The van der Waals surface area contributed by atoms with E-state index in [9.17, 15) is 14.4 Å². The van der Waals surface area contributed by atoms with Gasteiger partial charge in [-0.2, -0.15) is 10.1 Å². The monoisotopic (exact) mass is 589 g/mol. The molecule has 0 saturated carbocycles. The highest BCUT2D eigenvalue weighted by Gasteiger charge is 2.35. The second-order valence-corrected chi connectivity index (χ2v) is 12.0. The number of hydrogen-bond acceptors (Lipinski definition) is 6. The highest BCUT2D eigenvalue weighted by molar-refractivity contribution is 7.07. The Morgan fingerprint density at radius 1 is 0.930 bits per heavy atom. The molecule has 2 amide bonds. The number of nitrogens with one attached hydrogen (secondary N) is 1. The first-order valence-electron chi connectivity index (χ1n) is 14.2. The van der Waals surface area contributed by atoms with Crippen LogP contribution in [-0.4, -0.2) is 22.1 Å². The summed E-state index contributed by atoms with van der Waals surface area (Å²) in [6.45, 7) is 7.82. The van der Waals surface area contributed by atoms with Gasteiger partial charge in [0.1, 0.15) is 5.92 Å². The first-order valence-corrected chi connectivity index (χ1v) is 15.0. The van der Waals surface area contributed by atoms with Crippen LogP contribution in [0.2, 0.25) is 0 Å². The molecule has 0 bridgehead atoms. The van der Waals surface area contributed by atoms with E-state index in [0.29, 0.717) is 43.6 Å². The van der Waals surface area contributed by atoms with Crippen LogP contribution in [0.3, 0.4) is 0 Å². The van der Waals surface area contributed by atoms with E-state index in [1.807, 2.05) is 84.9 Å². The predicted molar refractivity (Wildman–Crippen MR) is 171 cm³/mol. The maximum absolute atomic E-state index is 14.1. The van der Waals surface area contributed by atoms with Crippen molar-refractivity contribution in [2.75, 3.05) is 10.3 Å². The number of allylic oxidation sites excluding steroid dienone is 1. The fourth-order valence-corrected chi connectivity index (χ4v) is 6.46. The lowest BCUT2D eigenvalue weighted by atomic mass is 9.93. The van der Waals surface area contributed by atoms with Gasteiger partial charge in [0.05, 0.1) is 33.2 Å². The Hall–Kier alpha value is -4.89. The second kappa shape index (κ2) is 11.4. The van der Waals surface area contributed by atoms with Crippen molar-refractivity contribution in [3.63, 3.8) is 0 Å². The number of carbonyl (C=O) groups excluding carboxylic acids is 2. The number of rotatable bonds is 6. The molecule has 1 N–H and O–H groups in total. The molecule has 8 nitrogen and oxygen atoms in total. The summed E-state index contributed by atoms with van der Waals surface area (Å²) in [5.41, 5.74) is 4.49. The first-order chi connectivity index (χ1) is 20.7. The summed E-state index contributed by atoms with van der Waals surface area (Å²) in [6.07, 6.45) is 1.68. The SMILES string of the molecule is CC1=NN(c2ccccc2)C(=O)[C@H]1/C=c1/sc2n(c1=O)[C@H](c1ccc(C(C)C)cc1)C(C(=O)Nc1ccccc1)=C(C)N=2. The highest BCUT2D eigenvalue weighted by Crippen LogP contribution is 2.32. The number of hydrogen-bond donors (Lipinski definition) is 1. The van der Waals surface area contributed by atoms with Gasteiger partial charge in [-0.1, -0.05) is 85.8 Å². The van der Waals surface area contributed by atoms with Crippen LogP contribution in [-0.2, 0) is 9.59 Å². The zero-order valence-corrected chi connectivity index (χ0v) is 25.1. The summed E-state index contributed by atoms with van der Waals surface area (Å²) in [7, 11) is 0. The largest absolute Gasteiger partial charge is 0.322 e. The maximum Gasteiger partial charge on any atom is 0.270 e. The van der Waals surface area contributed by atoms with Crippen molar-refractivity contribution in [1.29, 1.82) is 0 Å². The van der Waals surface area contributed by atoms with E-state index >= 15 is 0 Å². The van der Waals surface area contributed by atoms with Gasteiger partial charge >= 0.3 is 0 Å². The van der Waals surface area contributed by atoms with E-state index < -0.39 is 12.0 Å². The average molecular weight is 590 g/mol. The van der Waals surface area contributed by atoms with Crippen LogP contribution in [0.1, 0.15) is 50.8 Å². The number of anilines is 2. The molecular formula is C34H31N5O3S. The third kappa shape index (κ3) is 5.28. The van der Waals surface area contributed by atoms with E-state index in [1.54, 1.807) is 24.5 Å². The minimum absolute atomic E-state index is 0.227. The molecule has 0 spiro atoms. The van der Waals surface area contributed by atoms with Gasteiger partial charge in [-0.15, -0.1) is 0 Å². The summed E-state index contributed by atoms with van der Waals surface area (Å²) in [4.78, 5) is 46.5. The highest BCUT2D eigenvalue weighted by atomic mass is 32.1. The maximum atomic E-state index is 14.1. The third-order valence-corrected chi connectivity index (χ3v) is 8.72. The van der Waals surface area contributed by atoms with Gasteiger partial charge in [0.25, 0.3) is 17.4 Å². The Kier molecular flexibility index (Phi) is 7.50. The summed E-state index contributed by atoms with van der Waals surface area (Å²) in [6, 6.07) is 25.7. The van der Waals surface area contributed by atoms with E-state index in [-0.39, 0.29) is 17.4 Å². The number of nitrogens with zero attached hydrogens (tertiary/aromatic N) is 4. The van der Waals surface area contributed by atoms with Gasteiger partial charge in [0.15, 0.2) is 4.80 Å². The molecule has 3 aromatic carbocycles. The topological polar surface area (TPSA) is 96.1 Å². The molecule has 0 unspecified atom stereocenters. The molecule has 9 heteroatoms. The van der Waals surface area contributed by atoms with Gasteiger partial charge in [0, 0.05) is 5.69 Å². The summed E-state index contributed by atoms with van der Waals surface area (Å²) >= 11 is 1.21. The molecule has 1 aromatic heterocycles. The molecule has 216 valence electrons. The number of fused-ring (bicyclic) bond motifs is 1. The molecule has 0 fully saturated rings. The molecule has 4 aromatic rings. The van der Waals surface area contributed by atoms with E-state index in [2.05, 4.69) is 24.3 Å². The molecule has 2 aliphatic heterocycles. The van der Waals surface area contributed by atoms with Crippen molar-refractivity contribution in [1.82, 2.24) is 4.57 Å². The van der Waals surface area contributed by atoms with Crippen molar-refractivity contribution < 1.29 is 9.59 Å². The summed E-state index contributed by atoms with van der Waals surface area (Å²) in [5, 5.41) is 8.84. The number of hydrazone groups is 1. The van der Waals surface area contributed by atoms with Crippen LogP contribution in [0, 0.1) is 5.92 Å². The van der Waals surface area contributed by atoms with E-state index in [0.717, 1.165) is 11.1 Å². The van der Waals surface area contributed by atoms with Gasteiger partial charge in [-0.25, -0.2) is 4.99 Å². The smallest absolute Gasteiger partial charge is 0.270 e. The average Bonchev–Trinajstić information content (AvgIpc) is 3.47. The zero-order valence-electron chi connectivity index (χ0n) is 24.3. The fraction of sp³-hybridized carbons (Fsp3) is 0.206. The quantitative estimate of drug-likeness (QED) is 0.343. The van der Waals surface area contributed by atoms with Crippen LogP contribution in [0.4, 0.5) is 11.4 Å². The van der Waals surface area contributed by atoms with Crippen molar-refractivity contribution in [2.24, 2.45) is 16.0 Å². The van der Waals surface area contributed by atoms with Gasteiger partial charge in [0.2, 0.25) is 0 Å². The molecule has 0 saturated heterocycles. The molecule has 3 heterocycles. The van der Waals surface area contributed by atoms with Crippen LogP contribution < -0.4 is 25.2 Å². The zero-order chi connectivity index (χ0) is 30.2. The van der Waals surface area contributed by atoms with Crippen molar-refractivity contribution in [2.45, 2.75) is 39.7 Å². The number of carbonyl (C=O) groups is 2. The van der Waals surface area contributed by atoms with Crippen molar-refractivity contribution >= 4 is 46.3 Å². The number of para-hydroxylation sites is 2. The van der Waals surface area contributed by atoms with Crippen molar-refractivity contribution in [3.05, 3.63) is 127 Å². The number of aromatic nitrogens is 1. The lowest BCUT2D eigenvalue weighted by Gasteiger charge is -2.25. The Bertz CT molecular complexity index is 1960. The Morgan fingerprint density at radius 3 is 2.23 bits per heavy atom. The Balaban J connectivity index is 1.45. The number of thiazole rings is 1. The van der Waals surface area contributed by atoms with E-state index in [4.69, 9.17) is 4.99 Å². The number of benzene rings is 3. The molecule has 0 aliphatic carbocycles. The molecule has 0 radical (unpaired) electrons. The molecular weight excluding hydrogens is 558 g/mol. The van der Waals surface area contributed by atoms with Gasteiger partial charge in [-0.3, -0.25) is 19.0 Å². The van der Waals surface area contributed by atoms with Crippen molar-refractivity contribution in [3.8, 4) is 0 Å². The second-order valence-electron chi connectivity index (χ2n) is 11.0. The summed E-state index contributed by atoms with van der Waals surface area (Å²) in [5.74, 6) is -0.910. The number of amides is 2. The van der Waals surface area contributed by atoms with Crippen LogP contribution in [0.5, 0.6) is 0 Å². The predicted octanol–water partition coefficient (Wildman–Crippen LogP) is 4.99. The fourth-order valence-electron chi connectivity index (χ4n) is 5.40. The Morgan fingerprint density at radius 2 is 1.58 bits per heavy atom. The lowest BCUT2D eigenvalue weighted by molar-refractivity contribution is -0.118. The first kappa shape index (κ1) is 28.2. The minimum Gasteiger partial charge on any atom is -0.322 e. The van der Waals surface area contributed by atoms with Crippen LogP contribution >= 0.6 is 11.3 Å². The van der Waals surface area contributed by atoms with Gasteiger partial charge in [-0.05, 0) is 61.2 Å². The lowest BCUT2D eigenvalue weighted by Crippen LogP contribution is -2.41. The Labute approximate surface area is 253 Å². The molecule has 2 aliphatic rings. The van der Waals surface area contributed by atoms with E-state index in [1.165, 1.54) is 16.3 Å².